The maximum absolute atomic E-state index is 11.8. The van der Waals surface area contributed by atoms with Gasteiger partial charge in [-0.2, -0.15) is 0 Å². The molecule has 1 N–H and O–H groups in total. The monoisotopic (exact) mass is 275 g/mol. The van der Waals surface area contributed by atoms with E-state index in [-0.39, 0.29) is 11.8 Å². The highest BCUT2D eigenvalue weighted by Crippen LogP contribution is 2.30. The highest BCUT2D eigenvalue weighted by atomic mass is 16.4. The number of piperidine rings is 1. The quantitative estimate of drug-likeness (QED) is 0.922. The maximum Gasteiger partial charge on any atom is 0.335 e. The first-order valence-corrected chi connectivity index (χ1v) is 7.15. The van der Waals surface area contributed by atoms with Gasteiger partial charge in [-0.05, 0) is 37.0 Å². The molecule has 1 atom stereocenters. The molecule has 1 amide bonds. The third-order valence-corrected chi connectivity index (χ3v) is 4.12. The lowest BCUT2D eigenvalue weighted by Crippen LogP contribution is -2.38. The van der Waals surface area contributed by atoms with Gasteiger partial charge < -0.3 is 10.0 Å². The molecule has 1 saturated heterocycles. The fourth-order valence-corrected chi connectivity index (χ4v) is 3.01. The summed E-state index contributed by atoms with van der Waals surface area (Å²) in [6, 6.07) is 5.43. The van der Waals surface area contributed by atoms with Crippen molar-refractivity contribution in [2.24, 2.45) is 0 Å². The molecule has 1 aromatic carbocycles. The number of carbonyl (C=O) groups excluding carboxylic acids is 1. The van der Waals surface area contributed by atoms with Crippen molar-refractivity contribution in [3.63, 3.8) is 0 Å². The van der Waals surface area contributed by atoms with Gasteiger partial charge in [0.2, 0.25) is 5.91 Å². The fourth-order valence-electron chi connectivity index (χ4n) is 3.01. The zero-order valence-electron chi connectivity index (χ0n) is 12.1. The van der Waals surface area contributed by atoms with Crippen LogP contribution in [-0.4, -0.2) is 35.0 Å². The van der Waals surface area contributed by atoms with Gasteiger partial charge in [0, 0.05) is 25.4 Å². The van der Waals surface area contributed by atoms with Crippen molar-refractivity contribution in [3.8, 4) is 0 Å². The molecule has 0 aromatic heterocycles. The van der Waals surface area contributed by atoms with Crippen molar-refractivity contribution in [1.29, 1.82) is 0 Å². The zero-order chi connectivity index (χ0) is 14.7. The lowest BCUT2D eigenvalue weighted by Gasteiger charge is -2.33. The summed E-state index contributed by atoms with van der Waals surface area (Å²) in [5.41, 5.74) is 2.26. The average molecular weight is 275 g/mol. The smallest absolute Gasteiger partial charge is 0.335 e. The number of hydrogen-bond acceptors (Lipinski definition) is 2. The van der Waals surface area contributed by atoms with Crippen LogP contribution in [0.15, 0.2) is 18.2 Å². The molecule has 0 aliphatic carbocycles. The SMILES string of the molecule is CCC(=O)N1CCCC(c2cccc(C(=O)O)c2C)C1. The first-order valence-electron chi connectivity index (χ1n) is 7.15. The lowest BCUT2D eigenvalue weighted by molar-refractivity contribution is -0.132. The van der Waals surface area contributed by atoms with Crippen LogP contribution in [0.1, 0.15) is 53.6 Å². The van der Waals surface area contributed by atoms with Crippen molar-refractivity contribution >= 4 is 11.9 Å². The van der Waals surface area contributed by atoms with E-state index in [1.54, 1.807) is 12.1 Å². The molecule has 20 heavy (non-hydrogen) atoms. The van der Waals surface area contributed by atoms with Crippen LogP contribution in [0.2, 0.25) is 0 Å². The van der Waals surface area contributed by atoms with Crippen LogP contribution in [0.25, 0.3) is 0 Å². The summed E-state index contributed by atoms with van der Waals surface area (Å²) in [5, 5.41) is 9.20. The summed E-state index contributed by atoms with van der Waals surface area (Å²) in [6.07, 6.45) is 2.52. The molecule has 108 valence electrons. The van der Waals surface area contributed by atoms with Crippen LogP contribution in [0.3, 0.4) is 0 Å². The van der Waals surface area contributed by atoms with E-state index in [0.29, 0.717) is 18.5 Å². The van der Waals surface area contributed by atoms with Gasteiger partial charge in [0.1, 0.15) is 0 Å². The van der Waals surface area contributed by atoms with Crippen LogP contribution >= 0.6 is 0 Å². The normalized spacial score (nSPS) is 18.9. The number of benzene rings is 1. The molecule has 0 spiro atoms. The Kier molecular flexibility index (Phi) is 4.42. The highest BCUT2D eigenvalue weighted by molar-refractivity contribution is 5.89. The van der Waals surface area contributed by atoms with E-state index in [4.69, 9.17) is 0 Å². The largest absolute Gasteiger partial charge is 0.478 e. The summed E-state index contributed by atoms with van der Waals surface area (Å²) in [5.74, 6) is -0.457. The topological polar surface area (TPSA) is 57.6 Å². The van der Waals surface area contributed by atoms with Gasteiger partial charge in [-0.15, -0.1) is 0 Å². The number of rotatable bonds is 3. The summed E-state index contributed by atoms with van der Waals surface area (Å²) in [6.45, 7) is 5.26. The molecule has 1 aliphatic rings. The molecule has 0 saturated carbocycles. The highest BCUT2D eigenvalue weighted by Gasteiger charge is 2.25. The second-order valence-electron chi connectivity index (χ2n) is 5.36. The number of carbonyl (C=O) groups is 2. The second kappa shape index (κ2) is 6.07. The number of aromatic carboxylic acids is 1. The van der Waals surface area contributed by atoms with Crippen LogP contribution in [-0.2, 0) is 4.79 Å². The van der Waals surface area contributed by atoms with Gasteiger partial charge in [-0.25, -0.2) is 4.79 Å². The molecule has 1 unspecified atom stereocenters. The first-order chi connectivity index (χ1) is 9.54. The molecule has 1 fully saturated rings. The Morgan fingerprint density at radius 3 is 2.80 bits per heavy atom. The van der Waals surface area contributed by atoms with Gasteiger partial charge in [-0.3, -0.25) is 4.79 Å². The minimum Gasteiger partial charge on any atom is -0.478 e. The van der Waals surface area contributed by atoms with Gasteiger partial charge in [-0.1, -0.05) is 19.1 Å². The van der Waals surface area contributed by atoms with Gasteiger partial charge in [0.05, 0.1) is 5.56 Å². The van der Waals surface area contributed by atoms with Crippen LogP contribution in [0.4, 0.5) is 0 Å². The minimum absolute atomic E-state index is 0.182. The van der Waals surface area contributed by atoms with E-state index in [9.17, 15) is 14.7 Å². The third kappa shape index (κ3) is 2.84. The van der Waals surface area contributed by atoms with E-state index in [2.05, 4.69) is 0 Å². The molecule has 2 rings (SSSR count). The summed E-state index contributed by atoms with van der Waals surface area (Å²) < 4.78 is 0. The van der Waals surface area contributed by atoms with Crippen LogP contribution in [0.5, 0.6) is 0 Å². The molecule has 0 radical (unpaired) electrons. The number of carboxylic acids is 1. The molecular weight excluding hydrogens is 254 g/mol. The molecule has 1 aromatic rings. The third-order valence-electron chi connectivity index (χ3n) is 4.12. The van der Waals surface area contributed by atoms with E-state index >= 15 is 0 Å². The van der Waals surface area contributed by atoms with Crippen molar-refractivity contribution in [3.05, 3.63) is 34.9 Å². The number of hydrogen-bond donors (Lipinski definition) is 1. The van der Waals surface area contributed by atoms with Crippen LogP contribution < -0.4 is 0 Å². The Labute approximate surface area is 119 Å². The predicted molar refractivity (Wildman–Crippen MR) is 77.0 cm³/mol. The van der Waals surface area contributed by atoms with Gasteiger partial charge in [0.15, 0.2) is 0 Å². The number of carboxylic acid groups (broad SMARTS) is 1. The standard InChI is InChI=1S/C16H21NO3/c1-3-15(18)17-9-5-6-12(10-17)13-7-4-8-14(11(13)2)16(19)20/h4,7-8,12H,3,5-6,9-10H2,1-2H3,(H,19,20). The summed E-state index contributed by atoms with van der Waals surface area (Å²) >= 11 is 0. The van der Waals surface area contributed by atoms with Crippen LogP contribution in [0, 0.1) is 6.92 Å². The molecular formula is C16H21NO3. The maximum atomic E-state index is 11.8. The number of amides is 1. The average Bonchev–Trinajstić information content (AvgIpc) is 2.46. The Balaban J connectivity index is 2.25. The van der Waals surface area contributed by atoms with E-state index in [0.717, 1.165) is 30.5 Å². The number of likely N-dealkylation sites (tertiary alicyclic amines) is 1. The summed E-state index contributed by atoms with van der Waals surface area (Å²) in [7, 11) is 0. The molecule has 4 heteroatoms. The molecule has 1 heterocycles. The lowest BCUT2D eigenvalue weighted by atomic mass is 9.86. The Morgan fingerprint density at radius 2 is 2.15 bits per heavy atom. The Bertz CT molecular complexity index is 524. The van der Waals surface area contributed by atoms with Gasteiger partial charge in [0.25, 0.3) is 0 Å². The zero-order valence-corrected chi connectivity index (χ0v) is 12.1. The second-order valence-corrected chi connectivity index (χ2v) is 5.36. The summed E-state index contributed by atoms with van der Waals surface area (Å²) in [4.78, 5) is 25.0. The van der Waals surface area contributed by atoms with Crippen molar-refractivity contribution in [2.45, 2.75) is 39.0 Å². The number of nitrogens with zero attached hydrogens (tertiary/aromatic N) is 1. The van der Waals surface area contributed by atoms with E-state index < -0.39 is 5.97 Å². The predicted octanol–water partition coefficient (Wildman–Crippen LogP) is 2.81. The molecule has 0 bridgehead atoms. The van der Waals surface area contributed by atoms with Crippen molar-refractivity contribution in [1.82, 2.24) is 4.90 Å². The van der Waals surface area contributed by atoms with E-state index in [1.165, 1.54) is 0 Å². The van der Waals surface area contributed by atoms with Gasteiger partial charge >= 0.3 is 5.97 Å². The minimum atomic E-state index is -0.887. The molecule has 4 nitrogen and oxygen atoms in total. The van der Waals surface area contributed by atoms with Crippen molar-refractivity contribution < 1.29 is 14.7 Å². The Hall–Kier alpha value is -1.84. The van der Waals surface area contributed by atoms with E-state index in [1.807, 2.05) is 24.8 Å². The van der Waals surface area contributed by atoms with Crippen molar-refractivity contribution in [2.75, 3.05) is 13.1 Å². The first kappa shape index (κ1) is 14.6. The Morgan fingerprint density at radius 1 is 1.40 bits per heavy atom. The molecule has 1 aliphatic heterocycles. The fraction of sp³-hybridized carbons (Fsp3) is 0.500.